The van der Waals surface area contributed by atoms with Gasteiger partial charge in [-0.2, -0.15) is 0 Å². The van der Waals surface area contributed by atoms with Crippen molar-refractivity contribution >= 4 is 11.6 Å². The van der Waals surface area contributed by atoms with E-state index in [1.54, 1.807) is 6.33 Å². The van der Waals surface area contributed by atoms with Crippen LogP contribution < -0.4 is 10.2 Å². The van der Waals surface area contributed by atoms with Crippen molar-refractivity contribution in [2.75, 3.05) is 29.9 Å². The first-order valence-electron chi connectivity index (χ1n) is 7.21. The summed E-state index contributed by atoms with van der Waals surface area (Å²) >= 11 is 0. The zero-order valence-electron chi connectivity index (χ0n) is 11.9. The summed E-state index contributed by atoms with van der Waals surface area (Å²) in [5.74, 6) is 1.94. The molecule has 1 aromatic rings. The highest BCUT2D eigenvalue weighted by Crippen LogP contribution is 2.29. The number of piperidine rings is 1. The van der Waals surface area contributed by atoms with Crippen molar-refractivity contribution < 1.29 is 5.11 Å². The van der Waals surface area contributed by atoms with Gasteiger partial charge >= 0.3 is 0 Å². The smallest absolute Gasteiger partial charge is 0.137 e. The van der Waals surface area contributed by atoms with Crippen LogP contribution in [0.3, 0.4) is 0 Å². The Morgan fingerprint density at radius 1 is 1.42 bits per heavy atom. The molecule has 1 unspecified atom stereocenters. The summed E-state index contributed by atoms with van der Waals surface area (Å²) in [4.78, 5) is 11.1. The number of rotatable bonds is 5. The Bertz CT molecular complexity index is 408. The molecular formula is C14H24N4O. The maximum absolute atomic E-state index is 9.22. The SMILES string of the molecule is CCNc1ncnc(N2CCCCC2CCO)c1C. The average molecular weight is 264 g/mol. The van der Waals surface area contributed by atoms with Gasteiger partial charge in [-0.15, -0.1) is 0 Å². The van der Waals surface area contributed by atoms with E-state index in [9.17, 15) is 5.11 Å². The van der Waals surface area contributed by atoms with Crippen molar-refractivity contribution in [2.45, 2.75) is 45.6 Å². The molecule has 0 aromatic carbocycles. The minimum absolute atomic E-state index is 0.241. The molecule has 2 N–H and O–H groups in total. The molecule has 0 aliphatic carbocycles. The Kier molecular flexibility index (Phi) is 4.96. The van der Waals surface area contributed by atoms with Crippen LogP contribution in [0, 0.1) is 6.92 Å². The molecule has 1 aliphatic heterocycles. The highest BCUT2D eigenvalue weighted by molar-refractivity contribution is 5.58. The van der Waals surface area contributed by atoms with Gasteiger partial charge in [-0.05, 0) is 39.5 Å². The van der Waals surface area contributed by atoms with E-state index in [-0.39, 0.29) is 6.61 Å². The summed E-state index contributed by atoms with van der Waals surface area (Å²) in [6.07, 6.45) is 6.03. The Balaban J connectivity index is 2.25. The maximum Gasteiger partial charge on any atom is 0.137 e. The van der Waals surface area contributed by atoms with Gasteiger partial charge in [0.05, 0.1) is 0 Å². The van der Waals surface area contributed by atoms with Gasteiger partial charge in [0, 0.05) is 31.3 Å². The first-order valence-corrected chi connectivity index (χ1v) is 7.21. The Labute approximate surface area is 115 Å². The van der Waals surface area contributed by atoms with Crippen molar-refractivity contribution in [2.24, 2.45) is 0 Å². The van der Waals surface area contributed by atoms with Crippen LogP contribution in [0.15, 0.2) is 6.33 Å². The topological polar surface area (TPSA) is 61.3 Å². The van der Waals surface area contributed by atoms with Gasteiger partial charge < -0.3 is 15.3 Å². The molecule has 0 spiro atoms. The summed E-state index contributed by atoms with van der Waals surface area (Å²) in [6.45, 7) is 6.26. The monoisotopic (exact) mass is 264 g/mol. The number of nitrogens with one attached hydrogen (secondary N) is 1. The van der Waals surface area contributed by atoms with Crippen LogP contribution >= 0.6 is 0 Å². The largest absolute Gasteiger partial charge is 0.396 e. The summed E-state index contributed by atoms with van der Waals surface area (Å²) in [5.41, 5.74) is 1.11. The average Bonchev–Trinajstić information content (AvgIpc) is 2.43. The normalized spacial score (nSPS) is 19.5. The van der Waals surface area contributed by atoms with E-state index < -0.39 is 0 Å². The Morgan fingerprint density at radius 3 is 3.00 bits per heavy atom. The molecular weight excluding hydrogens is 240 g/mol. The van der Waals surface area contributed by atoms with Crippen LogP contribution in [0.5, 0.6) is 0 Å². The van der Waals surface area contributed by atoms with Gasteiger partial charge in [0.25, 0.3) is 0 Å². The second-order valence-electron chi connectivity index (χ2n) is 5.06. The minimum Gasteiger partial charge on any atom is -0.396 e. The van der Waals surface area contributed by atoms with Crippen LogP contribution in [-0.2, 0) is 0 Å². The summed E-state index contributed by atoms with van der Waals surface area (Å²) < 4.78 is 0. The molecule has 19 heavy (non-hydrogen) atoms. The summed E-state index contributed by atoms with van der Waals surface area (Å²) in [5, 5.41) is 12.5. The molecule has 1 fully saturated rings. The number of aromatic nitrogens is 2. The Morgan fingerprint density at radius 2 is 2.26 bits per heavy atom. The van der Waals surface area contributed by atoms with Crippen molar-refractivity contribution in [3.63, 3.8) is 0 Å². The van der Waals surface area contributed by atoms with Gasteiger partial charge in [-0.3, -0.25) is 0 Å². The number of hydrogen-bond donors (Lipinski definition) is 2. The third kappa shape index (κ3) is 3.15. The van der Waals surface area contributed by atoms with Crippen molar-refractivity contribution in [3.05, 3.63) is 11.9 Å². The molecule has 0 bridgehead atoms. The van der Waals surface area contributed by atoms with Crippen LogP contribution in [0.4, 0.5) is 11.6 Å². The highest BCUT2D eigenvalue weighted by atomic mass is 16.3. The molecule has 1 atom stereocenters. The summed E-state index contributed by atoms with van der Waals surface area (Å²) in [6, 6.07) is 0.404. The lowest BCUT2D eigenvalue weighted by Crippen LogP contribution is -2.41. The van der Waals surface area contributed by atoms with E-state index in [2.05, 4.69) is 34.0 Å². The van der Waals surface area contributed by atoms with Gasteiger partial charge in [0.15, 0.2) is 0 Å². The lowest BCUT2D eigenvalue weighted by molar-refractivity contribution is 0.262. The van der Waals surface area contributed by atoms with Crippen LogP contribution in [-0.4, -0.2) is 40.8 Å². The first kappa shape index (κ1) is 14.1. The van der Waals surface area contributed by atoms with Crippen LogP contribution in [0.25, 0.3) is 0 Å². The van der Waals surface area contributed by atoms with Gasteiger partial charge in [0.1, 0.15) is 18.0 Å². The fourth-order valence-corrected chi connectivity index (χ4v) is 2.80. The third-order valence-corrected chi connectivity index (χ3v) is 3.76. The molecule has 106 valence electrons. The zero-order chi connectivity index (χ0) is 13.7. The second-order valence-corrected chi connectivity index (χ2v) is 5.06. The highest BCUT2D eigenvalue weighted by Gasteiger charge is 2.25. The number of hydrogen-bond acceptors (Lipinski definition) is 5. The summed E-state index contributed by atoms with van der Waals surface area (Å²) in [7, 11) is 0. The van der Waals surface area contributed by atoms with Gasteiger partial charge in [0.2, 0.25) is 0 Å². The second kappa shape index (κ2) is 6.70. The van der Waals surface area contributed by atoms with E-state index in [4.69, 9.17) is 0 Å². The molecule has 2 rings (SSSR count). The molecule has 1 aromatic heterocycles. The van der Waals surface area contributed by atoms with Crippen molar-refractivity contribution in [1.29, 1.82) is 0 Å². The molecule has 0 amide bonds. The fourth-order valence-electron chi connectivity index (χ4n) is 2.80. The predicted octanol–water partition coefficient (Wildman–Crippen LogP) is 1.96. The van der Waals surface area contributed by atoms with Crippen LogP contribution in [0.1, 0.15) is 38.2 Å². The fraction of sp³-hybridized carbons (Fsp3) is 0.714. The number of aliphatic hydroxyl groups is 1. The van der Waals surface area contributed by atoms with Crippen molar-refractivity contribution in [3.8, 4) is 0 Å². The predicted molar refractivity (Wildman–Crippen MR) is 77.6 cm³/mol. The minimum atomic E-state index is 0.241. The van der Waals surface area contributed by atoms with E-state index in [0.717, 1.165) is 43.1 Å². The molecule has 0 saturated carbocycles. The lowest BCUT2D eigenvalue weighted by Gasteiger charge is -2.37. The van der Waals surface area contributed by atoms with Gasteiger partial charge in [-0.25, -0.2) is 9.97 Å². The maximum atomic E-state index is 9.22. The number of nitrogens with zero attached hydrogens (tertiary/aromatic N) is 3. The van der Waals surface area contributed by atoms with E-state index in [0.29, 0.717) is 6.04 Å². The zero-order valence-corrected chi connectivity index (χ0v) is 11.9. The molecule has 5 heteroatoms. The molecule has 5 nitrogen and oxygen atoms in total. The molecule has 0 radical (unpaired) electrons. The lowest BCUT2D eigenvalue weighted by atomic mass is 9.99. The number of anilines is 2. The Hall–Kier alpha value is -1.36. The van der Waals surface area contributed by atoms with E-state index in [1.165, 1.54) is 12.8 Å². The standard InChI is InChI=1S/C14H24N4O/c1-3-15-13-11(2)14(17-10-16-13)18-8-5-4-6-12(18)7-9-19/h10,12,19H,3-9H2,1-2H3,(H,15,16,17). The molecule has 1 aliphatic rings. The number of aliphatic hydroxyl groups excluding tert-OH is 1. The van der Waals surface area contributed by atoms with Gasteiger partial charge in [-0.1, -0.05) is 0 Å². The van der Waals surface area contributed by atoms with Crippen molar-refractivity contribution in [1.82, 2.24) is 9.97 Å². The van der Waals surface area contributed by atoms with E-state index in [1.807, 2.05) is 0 Å². The quantitative estimate of drug-likeness (QED) is 0.851. The first-order chi connectivity index (χ1) is 9.27. The molecule has 2 heterocycles. The molecule has 1 saturated heterocycles. The third-order valence-electron chi connectivity index (χ3n) is 3.76. The van der Waals surface area contributed by atoms with Crippen LogP contribution in [0.2, 0.25) is 0 Å². The van der Waals surface area contributed by atoms with E-state index >= 15 is 0 Å².